The molecule has 3 aromatic rings. The molecule has 2 aromatic carbocycles. The predicted molar refractivity (Wildman–Crippen MR) is 105 cm³/mol. The molecule has 0 unspecified atom stereocenters. The normalized spacial score (nSPS) is 13.8. The fourth-order valence-corrected chi connectivity index (χ4v) is 2.96. The molecule has 28 heavy (non-hydrogen) atoms. The minimum absolute atomic E-state index is 0.00908. The van der Waals surface area contributed by atoms with E-state index >= 15 is 0 Å². The van der Waals surface area contributed by atoms with Crippen LogP contribution in [0.1, 0.15) is 13.3 Å². The Morgan fingerprint density at radius 3 is 2.75 bits per heavy atom. The van der Waals surface area contributed by atoms with Crippen molar-refractivity contribution >= 4 is 6.03 Å². The van der Waals surface area contributed by atoms with Crippen molar-refractivity contribution < 1.29 is 14.1 Å². The Bertz CT molecular complexity index is 936. The number of rotatable bonds is 6. The highest BCUT2D eigenvalue weighted by Crippen LogP contribution is 2.26. The predicted octanol–water partition coefficient (Wildman–Crippen LogP) is 3.59. The van der Waals surface area contributed by atoms with E-state index in [2.05, 4.69) is 15.5 Å². The zero-order valence-electron chi connectivity index (χ0n) is 15.7. The standard InChI is InChI=1S/C21H22N4O3/c1-2-11-22-21(26)25-13-18(14-25)27-17-10-6-9-16(12-17)20-23-19(24-28-20)15-7-4-3-5-8-15/h3-10,12,18H,2,11,13-14H2,1H3,(H,22,26). The summed E-state index contributed by atoms with van der Waals surface area (Å²) in [5.41, 5.74) is 1.70. The molecular formula is C21H22N4O3. The van der Waals surface area contributed by atoms with Gasteiger partial charge in [0.05, 0.1) is 13.1 Å². The highest BCUT2D eigenvalue weighted by Gasteiger charge is 2.32. The molecule has 0 atom stereocenters. The number of hydrogen-bond acceptors (Lipinski definition) is 5. The van der Waals surface area contributed by atoms with Gasteiger partial charge in [-0.25, -0.2) is 4.79 Å². The van der Waals surface area contributed by atoms with E-state index in [4.69, 9.17) is 9.26 Å². The monoisotopic (exact) mass is 378 g/mol. The van der Waals surface area contributed by atoms with Gasteiger partial charge in [-0.2, -0.15) is 4.98 Å². The number of carbonyl (C=O) groups excluding carboxylic acids is 1. The number of nitrogens with zero attached hydrogens (tertiary/aromatic N) is 3. The number of ether oxygens (including phenoxy) is 1. The van der Waals surface area contributed by atoms with Crippen LogP contribution in [0.15, 0.2) is 59.1 Å². The average molecular weight is 378 g/mol. The second-order valence-electron chi connectivity index (χ2n) is 6.69. The molecule has 1 N–H and O–H groups in total. The largest absolute Gasteiger partial charge is 0.487 e. The van der Waals surface area contributed by atoms with Crippen LogP contribution in [-0.2, 0) is 0 Å². The Morgan fingerprint density at radius 1 is 1.18 bits per heavy atom. The van der Waals surface area contributed by atoms with Crippen molar-refractivity contribution in [2.24, 2.45) is 0 Å². The minimum atomic E-state index is -0.0326. The Morgan fingerprint density at radius 2 is 1.96 bits per heavy atom. The van der Waals surface area contributed by atoms with Gasteiger partial charge in [-0.3, -0.25) is 0 Å². The first-order valence-electron chi connectivity index (χ1n) is 9.42. The van der Waals surface area contributed by atoms with Crippen LogP contribution in [0.2, 0.25) is 0 Å². The third-order valence-electron chi connectivity index (χ3n) is 4.50. The summed E-state index contributed by atoms with van der Waals surface area (Å²) >= 11 is 0. The van der Waals surface area contributed by atoms with Crippen molar-refractivity contribution in [3.63, 3.8) is 0 Å². The fraction of sp³-hybridized carbons (Fsp3) is 0.286. The number of amides is 2. The molecule has 0 aliphatic carbocycles. The second kappa shape index (κ2) is 8.12. The van der Waals surface area contributed by atoms with Crippen LogP contribution in [-0.4, -0.2) is 46.8 Å². The Kier molecular flexibility index (Phi) is 5.23. The third-order valence-corrected chi connectivity index (χ3v) is 4.50. The molecule has 0 saturated carbocycles. The molecule has 1 saturated heterocycles. The third kappa shape index (κ3) is 3.98. The van der Waals surface area contributed by atoms with E-state index in [1.807, 2.05) is 61.5 Å². The molecule has 7 heteroatoms. The molecule has 2 amide bonds. The van der Waals surface area contributed by atoms with Crippen molar-refractivity contribution in [2.45, 2.75) is 19.4 Å². The van der Waals surface area contributed by atoms with Gasteiger partial charge in [0, 0.05) is 17.7 Å². The topological polar surface area (TPSA) is 80.5 Å². The van der Waals surface area contributed by atoms with Gasteiger partial charge in [0.2, 0.25) is 5.82 Å². The van der Waals surface area contributed by atoms with E-state index in [9.17, 15) is 4.79 Å². The molecule has 1 aromatic heterocycles. The molecule has 0 radical (unpaired) electrons. The van der Waals surface area contributed by atoms with E-state index in [0.29, 0.717) is 31.3 Å². The van der Waals surface area contributed by atoms with Crippen LogP contribution < -0.4 is 10.1 Å². The highest BCUT2D eigenvalue weighted by molar-refractivity contribution is 5.75. The van der Waals surface area contributed by atoms with Crippen molar-refractivity contribution in [2.75, 3.05) is 19.6 Å². The first-order valence-corrected chi connectivity index (χ1v) is 9.42. The van der Waals surface area contributed by atoms with Crippen LogP contribution >= 0.6 is 0 Å². The Labute approximate surface area is 163 Å². The molecule has 7 nitrogen and oxygen atoms in total. The Hall–Kier alpha value is -3.35. The van der Waals surface area contributed by atoms with E-state index in [0.717, 1.165) is 23.3 Å². The molecule has 2 heterocycles. The summed E-state index contributed by atoms with van der Waals surface area (Å²) in [6.07, 6.45) is 0.915. The smallest absolute Gasteiger partial charge is 0.317 e. The van der Waals surface area contributed by atoms with Crippen LogP contribution in [0.25, 0.3) is 22.8 Å². The van der Waals surface area contributed by atoms with Crippen molar-refractivity contribution in [3.8, 4) is 28.6 Å². The second-order valence-corrected chi connectivity index (χ2v) is 6.69. The number of carbonyl (C=O) groups is 1. The molecule has 0 bridgehead atoms. The maximum absolute atomic E-state index is 11.9. The molecule has 1 aliphatic rings. The number of hydrogen-bond donors (Lipinski definition) is 1. The number of likely N-dealkylation sites (tertiary alicyclic amines) is 1. The maximum Gasteiger partial charge on any atom is 0.317 e. The van der Waals surface area contributed by atoms with Gasteiger partial charge in [-0.1, -0.05) is 48.5 Å². The lowest BCUT2D eigenvalue weighted by atomic mass is 10.1. The van der Waals surface area contributed by atoms with Crippen LogP contribution in [0.4, 0.5) is 4.79 Å². The average Bonchev–Trinajstić information content (AvgIpc) is 3.20. The zero-order chi connectivity index (χ0) is 19.3. The summed E-state index contributed by atoms with van der Waals surface area (Å²) in [6, 6.07) is 17.2. The van der Waals surface area contributed by atoms with Gasteiger partial charge in [0.15, 0.2) is 0 Å². The van der Waals surface area contributed by atoms with Crippen molar-refractivity contribution in [1.29, 1.82) is 0 Å². The minimum Gasteiger partial charge on any atom is -0.487 e. The quantitative estimate of drug-likeness (QED) is 0.709. The zero-order valence-corrected chi connectivity index (χ0v) is 15.7. The van der Waals surface area contributed by atoms with Gasteiger partial charge in [-0.15, -0.1) is 0 Å². The molecule has 4 rings (SSSR count). The van der Waals surface area contributed by atoms with Gasteiger partial charge in [0.25, 0.3) is 5.89 Å². The SMILES string of the molecule is CCCNC(=O)N1CC(Oc2cccc(-c3nc(-c4ccccc4)no3)c2)C1. The molecule has 1 aliphatic heterocycles. The number of aromatic nitrogens is 2. The summed E-state index contributed by atoms with van der Waals surface area (Å²) < 4.78 is 11.4. The first kappa shape index (κ1) is 18.0. The number of urea groups is 1. The molecule has 1 fully saturated rings. The summed E-state index contributed by atoms with van der Waals surface area (Å²) in [7, 11) is 0. The molecule has 144 valence electrons. The Balaban J connectivity index is 1.38. The summed E-state index contributed by atoms with van der Waals surface area (Å²) in [5, 5.41) is 6.93. The van der Waals surface area contributed by atoms with Gasteiger partial charge in [-0.05, 0) is 24.6 Å². The van der Waals surface area contributed by atoms with E-state index in [1.54, 1.807) is 4.90 Å². The number of nitrogens with one attached hydrogen (secondary N) is 1. The van der Waals surface area contributed by atoms with Crippen LogP contribution in [0.3, 0.4) is 0 Å². The fourth-order valence-electron chi connectivity index (χ4n) is 2.96. The lowest BCUT2D eigenvalue weighted by Crippen LogP contribution is -2.58. The van der Waals surface area contributed by atoms with E-state index < -0.39 is 0 Å². The summed E-state index contributed by atoms with van der Waals surface area (Å²) in [4.78, 5) is 18.1. The molecular weight excluding hydrogens is 356 g/mol. The van der Waals surface area contributed by atoms with E-state index in [1.165, 1.54) is 0 Å². The van der Waals surface area contributed by atoms with Gasteiger partial charge in [0.1, 0.15) is 11.9 Å². The first-order chi connectivity index (χ1) is 13.7. The highest BCUT2D eigenvalue weighted by atomic mass is 16.5. The van der Waals surface area contributed by atoms with Crippen LogP contribution in [0, 0.1) is 0 Å². The van der Waals surface area contributed by atoms with Crippen molar-refractivity contribution in [3.05, 3.63) is 54.6 Å². The lowest BCUT2D eigenvalue weighted by molar-refractivity contribution is 0.0445. The molecule has 0 spiro atoms. The van der Waals surface area contributed by atoms with Crippen LogP contribution in [0.5, 0.6) is 5.75 Å². The van der Waals surface area contributed by atoms with Gasteiger partial charge >= 0.3 is 6.03 Å². The van der Waals surface area contributed by atoms with E-state index in [-0.39, 0.29) is 12.1 Å². The number of benzene rings is 2. The maximum atomic E-state index is 11.9. The summed E-state index contributed by atoms with van der Waals surface area (Å²) in [6.45, 7) is 3.89. The van der Waals surface area contributed by atoms with Gasteiger partial charge < -0.3 is 19.5 Å². The lowest BCUT2D eigenvalue weighted by Gasteiger charge is -2.38. The summed E-state index contributed by atoms with van der Waals surface area (Å²) in [5.74, 6) is 1.71. The van der Waals surface area contributed by atoms with Crippen molar-refractivity contribution in [1.82, 2.24) is 20.4 Å².